The van der Waals surface area contributed by atoms with Crippen LogP contribution in [0.3, 0.4) is 0 Å². The van der Waals surface area contributed by atoms with Gasteiger partial charge in [-0.1, -0.05) is 44.7 Å². The van der Waals surface area contributed by atoms with E-state index in [4.69, 9.17) is 19.9 Å². The molecule has 7 heteroatoms. The fraction of sp³-hybridized carbons (Fsp3) is 0.591. The number of hydrogen-bond acceptors (Lipinski definition) is 7. The largest absolute Gasteiger partial charge is 0.494 e. The van der Waals surface area contributed by atoms with Crippen molar-refractivity contribution in [3.05, 3.63) is 29.8 Å². The highest BCUT2D eigenvalue weighted by molar-refractivity contribution is 6.00. The van der Waals surface area contributed by atoms with Crippen LogP contribution in [0.2, 0.25) is 0 Å². The molecule has 1 aliphatic carbocycles. The van der Waals surface area contributed by atoms with Gasteiger partial charge in [0.2, 0.25) is 0 Å². The zero-order chi connectivity index (χ0) is 20.5. The molecular formula is C22H26N4O3. The molecule has 0 bridgehead atoms. The Morgan fingerprint density at radius 1 is 1.10 bits per heavy atom. The van der Waals surface area contributed by atoms with Gasteiger partial charge in [0.1, 0.15) is 17.0 Å². The number of nitrogens with two attached hydrogens (primary N) is 1. The van der Waals surface area contributed by atoms with Crippen molar-refractivity contribution in [3.63, 3.8) is 0 Å². The summed E-state index contributed by atoms with van der Waals surface area (Å²) < 4.78 is 17.3. The lowest BCUT2D eigenvalue weighted by atomic mass is 9.94. The van der Waals surface area contributed by atoms with E-state index in [1.165, 1.54) is 25.7 Å². The van der Waals surface area contributed by atoms with Gasteiger partial charge in [0.25, 0.3) is 5.91 Å². The molecule has 1 spiro atoms. The van der Waals surface area contributed by atoms with E-state index in [2.05, 4.69) is 24.1 Å². The summed E-state index contributed by atoms with van der Waals surface area (Å²) in [6.07, 6.45) is 5.93. The first-order valence-electron chi connectivity index (χ1n) is 10.3. The van der Waals surface area contributed by atoms with E-state index in [0.29, 0.717) is 19.8 Å². The van der Waals surface area contributed by atoms with Gasteiger partial charge in [-0.3, -0.25) is 0 Å². The number of benzene rings is 1. The number of amidine groups is 1. The Labute approximate surface area is 171 Å². The molecule has 1 aromatic rings. The number of aliphatic imine (C=N–C) groups is 1. The smallest absolute Gasteiger partial charge is 0.293 e. The van der Waals surface area contributed by atoms with Gasteiger partial charge in [-0.2, -0.15) is 10.5 Å². The Morgan fingerprint density at radius 2 is 1.79 bits per heavy atom. The second-order valence-corrected chi connectivity index (χ2v) is 7.88. The summed E-state index contributed by atoms with van der Waals surface area (Å²) in [5.41, 5.74) is 4.48. The van der Waals surface area contributed by atoms with E-state index < -0.39 is 22.7 Å². The fourth-order valence-electron chi connectivity index (χ4n) is 4.87. The van der Waals surface area contributed by atoms with Gasteiger partial charge in [-0.15, -0.1) is 0 Å². The van der Waals surface area contributed by atoms with Crippen LogP contribution >= 0.6 is 0 Å². The molecule has 29 heavy (non-hydrogen) atoms. The normalized spacial score (nSPS) is 31.0. The SMILES string of the molecule is CCCCCCCOc1ccc(C2C3(C#N)C(N)=NC4(OCCO4)C23C#N)cc1. The van der Waals surface area contributed by atoms with Crippen LogP contribution in [0.5, 0.6) is 5.75 Å². The Morgan fingerprint density at radius 3 is 2.41 bits per heavy atom. The number of nitriles is 2. The zero-order valence-electron chi connectivity index (χ0n) is 16.7. The van der Waals surface area contributed by atoms with Crippen molar-refractivity contribution in [2.45, 2.75) is 50.9 Å². The van der Waals surface area contributed by atoms with Crippen LogP contribution in [0.15, 0.2) is 29.3 Å². The van der Waals surface area contributed by atoms with Crippen molar-refractivity contribution < 1.29 is 14.2 Å². The number of hydrogen-bond donors (Lipinski definition) is 1. The number of fused-ring (bicyclic) bond motifs is 2. The minimum atomic E-state index is -1.49. The third-order valence-electron chi connectivity index (χ3n) is 6.34. The number of ether oxygens (including phenoxy) is 3. The molecule has 2 aliphatic heterocycles. The van der Waals surface area contributed by atoms with Gasteiger partial charge in [0, 0.05) is 5.92 Å². The minimum Gasteiger partial charge on any atom is -0.494 e. The first-order chi connectivity index (χ1) is 14.1. The topological polar surface area (TPSA) is 114 Å². The van der Waals surface area contributed by atoms with Crippen molar-refractivity contribution in [1.29, 1.82) is 10.5 Å². The second-order valence-electron chi connectivity index (χ2n) is 7.88. The van der Waals surface area contributed by atoms with Gasteiger partial charge in [-0.25, -0.2) is 4.99 Å². The van der Waals surface area contributed by atoms with Crippen LogP contribution in [-0.4, -0.2) is 31.6 Å². The first-order valence-corrected chi connectivity index (χ1v) is 10.3. The molecule has 2 N–H and O–H groups in total. The zero-order valence-corrected chi connectivity index (χ0v) is 16.7. The predicted octanol–water partition coefficient (Wildman–Crippen LogP) is 3.22. The molecule has 0 aromatic heterocycles. The molecule has 1 aromatic carbocycles. The van der Waals surface area contributed by atoms with Gasteiger partial charge < -0.3 is 19.9 Å². The molecule has 0 amide bonds. The standard InChI is InChI=1S/C22H26N4O3/c1-2-3-4-5-6-11-27-17-9-7-16(8-10-17)18-20(14-23)19(25)26-22(21(18,20)15-24)28-12-13-29-22/h7-10,18H,2-6,11-13H2,1H3,(H2,25,26). The quantitative estimate of drug-likeness (QED) is 0.677. The van der Waals surface area contributed by atoms with Crippen molar-refractivity contribution in [2.24, 2.45) is 21.6 Å². The summed E-state index contributed by atoms with van der Waals surface area (Å²) in [7, 11) is 0. The first kappa shape index (κ1) is 19.7. The van der Waals surface area contributed by atoms with Gasteiger partial charge in [0.15, 0.2) is 5.41 Å². The van der Waals surface area contributed by atoms with Crippen LogP contribution in [0, 0.1) is 33.5 Å². The van der Waals surface area contributed by atoms with Gasteiger partial charge >= 0.3 is 0 Å². The molecule has 7 nitrogen and oxygen atoms in total. The molecule has 2 fully saturated rings. The van der Waals surface area contributed by atoms with Crippen LogP contribution in [0.1, 0.15) is 50.5 Å². The highest BCUT2D eigenvalue weighted by Crippen LogP contribution is 2.82. The second kappa shape index (κ2) is 7.33. The summed E-state index contributed by atoms with van der Waals surface area (Å²) >= 11 is 0. The maximum Gasteiger partial charge on any atom is 0.293 e. The molecule has 2 heterocycles. The van der Waals surface area contributed by atoms with E-state index in [-0.39, 0.29) is 5.84 Å². The van der Waals surface area contributed by atoms with Crippen molar-refractivity contribution >= 4 is 5.84 Å². The summed E-state index contributed by atoms with van der Waals surface area (Å²) in [6.45, 7) is 3.52. The third-order valence-corrected chi connectivity index (χ3v) is 6.34. The van der Waals surface area contributed by atoms with E-state index in [1.807, 2.05) is 24.3 Å². The summed E-state index contributed by atoms with van der Waals surface area (Å²) in [5.74, 6) is -1.05. The van der Waals surface area contributed by atoms with E-state index in [9.17, 15) is 10.5 Å². The Kier molecular flexibility index (Phi) is 4.98. The molecule has 1 saturated carbocycles. The minimum absolute atomic E-state index is 0.112. The van der Waals surface area contributed by atoms with Gasteiger partial charge in [-0.05, 0) is 24.1 Å². The van der Waals surface area contributed by atoms with Crippen LogP contribution in [0.25, 0.3) is 0 Å². The Balaban J connectivity index is 1.50. The van der Waals surface area contributed by atoms with Crippen LogP contribution in [0.4, 0.5) is 0 Å². The monoisotopic (exact) mass is 394 g/mol. The van der Waals surface area contributed by atoms with Crippen molar-refractivity contribution in [2.75, 3.05) is 19.8 Å². The molecule has 152 valence electrons. The summed E-state index contributed by atoms with van der Waals surface area (Å²) in [6, 6.07) is 12.1. The van der Waals surface area contributed by atoms with Gasteiger partial charge in [0.05, 0.1) is 32.0 Å². The Bertz CT molecular complexity index is 879. The lowest BCUT2D eigenvalue weighted by molar-refractivity contribution is -0.184. The highest BCUT2D eigenvalue weighted by Gasteiger charge is 2.94. The number of unbranched alkanes of at least 4 members (excludes halogenated alkanes) is 4. The summed E-state index contributed by atoms with van der Waals surface area (Å²) in [5, 5.41) is 20.1. The third kappa shape index (κ3) is 2.58. The van der Waals surface area contributed by atoms with E-state index >= 15 is 0 Å². The lowest BCUT2D eigenvalue weighted by Crippen LogP contribution is -2.38. The van der Waals surface area contributed by atoms with Crippen molar-refractivity contribution in [1.82, 2.24) is 0 Å². The molecule has 4 rings (SSSR count). The molecule has 3 unspecified atom stereocenters. The predicted molar refractivity (Wildman–Crippen MR) is 106 cm³/mol. The number of rotatable bonds is 8. The molecule has 0 radical (unpaired) electrons. The average molecular weight is 394 g/mol. The molecule has 3 atom stereocenters. The van der Waals surface area contributed by atoms with Crippen molar-refractivity contribution in [3.8, 4) is 17.9 Å². The molecular weight excluding hydrogens is 368 g/mol. The van der Waals surface area contributed by atoms with Crippen LogP contribution < -0.4 is 10.5 Å². The average Bonchev–Trinajstić information content (AvgIpc) is 2.99. The lowest BCUT2D eigenvalue weighted by Gasteiger charge is -2.25. The van der Waals surface area contributed by atoms with E-state index in [1.54, 1.807) is 0 Å². The number of nitrogens with zero attached hydrogens (tertiary/aromatic N) is 3. The maximum atomic E-state index is 10.1. The van der Waals surface area contributed by atoms with E-state index in [0.717, 1.165) is 17.7 Å². The maximum absolute atomic E-state index is 10.1. The molecule has 1 saturated heterocycles. The summed E-state index contributed by atoms with van der Waals surface area (Å²) in [4.78, 5) is 4.28. The highest BCUT2D eigenvalue weighted by atomic mass is 16.8. The fourth-order valence-corrected chi connectivity index (χ4v) is 4.87. The molecule has 3 aliphatic rings. The van der Waals surface area contributed by atoms with Crippen LogP contribution in [-0.2, 0) is 9.47 Å². The Hall–Kier alpha value is -2.61.